The zero-order valence-electron chi connectivity index (χ0n) is 14.0. The number of nitrogens with two attached hydrogens (primary N) is 1. The van der Waals surface area contributed by atoms with Crippen LogP contribution in [-0.2, 0) is 11.3 Å². The molecule has 1 amide bonds. The standard InChI is InChI=1S/C17H28N4O/c1-5-12(3)16(22)21-15-9-7-8-14(10-15)11-19-17(18)20-13(4)6-2/h7-10,12-13H,5-6,11H2,1-4H3,(H,21,22)(H3,18,19,20). The smallest absolute Gasteiger partial charge is 0.227 e. The molecule has 1 aromatic carbocycles. The molecule has 0 aliphatic carbocycles. The van der Waals surface area contributed by atoms with Crippen molar-refractivity contribution in [3.8, 4) is 0 Å². The maximum atomic E-state index is 11.9. The van der Waals surface area contributed by atoms with Gasteiger partial charge in [0.2, 0.25) is 5.91 Å². The van der Waals surface area contributed by atoms with Crippen LogP contribution in [0.25, 0.3) is 0 Å². The van der Waals surface area contributed by atoms with E-state index in [4.69, 9.17) is 5.73 Å². The summed E-state index contributed by atoms with van der Waals surface area (Å²) in [7, 11) is 0. The van der Waals surface area contributed by atoms with E-state index in [0.29, 0.717) is 18.5 Å². The summed E-state index contributed by atoms with van der Waals surface area (Å²) in [5, 5.41) is 6.05. The van der Waals surface area contributed by atoms with Crippen LogP contribution in [0, 0.1) is 5.92 Å². The predicted molar refractivity (Wildman–Crippen MR) is 92.7 cm³/mol. The summed E-state index contributed by atoms with van der Waals surface area (Å²) in [5.41, 5.74) is 7.65. The van der Waals surface area contributed by atoms with Crippen LogP contribution >= 0.6 is 0 Å². The number of nitrogens with one attached hydrogen (secondary N) is 2. The quantitative estimate of drug-likeness (QED) is 0.535. The molecule has 5 nitrogen and oxygen atoms in total. The van der Waals surface area contributed by atoms with Crippen LogP contribution in [0.2, 0.25) is 0 Å². The monoisotopic (exact) mass is 304 g/mol. The molecular formula is C17H28N4O. The highest BCUT2D eigenvalue weighted by molar-refractivity contribution is 5.92. The van der Waals surface area contributed by atoms with E-state index >= 15 is 0 Å². The number of guanidine groups is 1. The van der Waals surface area contributed by atoms with Crippen molar-refractivity contribution in [2.75, 3.05) is 5.32 Å². The number of hydrogen-bond acceptors (Lipinski definition) is 2. The lowest BCUT2D eigenvalue weighted by Gasteiger charge is -2.12. The molecule has 0 bridgehead atoms. The first-order valence-electron chi connectivity index (χ1n) is 7.92. The van der Waals surface area contributed by atoms with Crippen molar-refractivity contribution in [2.24, 2.45) is 16.6 Å². The Morgan fingerprint density at radius 3 is 2.64 bits per heavy atom. The number of nitrogens with zero attached hydrogens (tertiary/aromatic N) is 1. The molecular weight excluding hydrogens is 276 g/mol. The Balaban J connectivity index is 2.64. The molecule has 0 aliphatic heterocycles. The van der Waals surface area contributed by atoms with E-state index in [-0.39, 0.29) is 11.8 Å². The van der Waals surface area contributed by atoms with Crippen molar-refractivity contribution in [1.29, 1.82) is 0 Å². The van der Waals surface area contributed by atoms with E-state index in [1.807, 2.05) is 38.1 Å². The van der Waals surface area contributed by atoms with E-state index in [0.717, 1.165) is 24.1 Å². The topological polar surface area (TPSA) is 79.5 Å². The molecule has 0 radical (unpaired) electrons. The summed E-state index contributed by atoms with van der Waals surface area (Å²) < 4.78 is 0. The van der Waals surface area contributed by atoms with E-state index in [2.05, 4.69) is 29.5 Å². The lowest BCUT2D eigenvalue weighted by molar-refractivity contribution is -0.119. The zero-order chi connectivity index (χ0) is 16.5. The second kappa shape index (κ2) is 9.07. The van der Waals surface area contributed by atoms with Crippen molar-refractivity contribution in [3.05, 3.63) is 29.8 Å². The van der Waals surface area contributed by atoms with Crippen molar-refractivity contribution in [3.63, 3.8) is 0 Å². The molecule has 0 heterocycles. The summed E-state index contributed by atoms with van der Waals surface area (Å²) in [6, 6.07) is 8.01. The number of anilines is 1. The number of aliphatic imine (C=N–C) groups is 1. The first kappa shape index (κ1) is 18.0. The summed E-state index contributed by atoms with van der Waals surface area (Å²) in [4.78, 5) is 16.2. The highest BCUT2D eigenvalue weighted by Gasteiger charge is 2.10. The molecule has 0 saturated heterocycles. The lowest BCUT2D eigenvalue weighted by atomic mass is 10.1. The Bertz CT molecular complexity index is 513. The second-order valence-electron chi connectivity index (χ2n) is 5.65. The zero-order valence-corrected chi connectivity index (χ0v) is 14.0. The summed E-state index contributed by atoms with van der Waals surface area (Å²) in [6.07, 6.45) is 1.82. The number of amides is 1. The maximum Gasteiger partial charge on any atom is 0.227 e. The van der Waals surface area contributed by atoms with Crippen LogP contribution in [0.5, 0.6) is 0 Å². The third-order valence-electron chi connectivity index (χ3n) is 3.69. The minimum Gasteiger partial charge on any atom is -0.370 e. The van der Waals surface area contributed by atoms with Gasteiger partial charge in [-0.15, -0.1) is 0 Å². The van der Waals surface area contributed by atoms with E-state index in [1.54, 1.807) is 0 Å². The average molecular weight is 304 g/mol. The number of carbonyl (C=O) groups excluding carboxylic acids is 1. The molecule has 1 rings (SSSR count). The molecule has 0 aliphatic rings. The maximum absolute atomic E-state index is 11.9. The van der Waals surface area contributed by atoms with Gasteiger partial charge in [0, 0.05) is 17.6 Å². The molecule has 4 N–H and O–H groups in total. The molecule has 2 unspecified atom stereocenters. The highest BCUT2D eigenvalue weighted by Crippen LogP contribution is 2.13. The Hall–Kier alpha value is -2.04. The van der Waals surface area contributed by atoms with E-state index in [1.165, 1.54) is 0 Å². The fraction of sp³-hybridized carbons (Fsp3) is 0.529. The van der Waals surface area contributed by atoms with Gasteiger partial charge in [-0.25, -0.2) is 4.99 Å². The number of rotatable bonds is 7. The Labute approximate surface area is 133 Å². The second-order valence-corrected chi connectivity index (χ2v) is 5.65. The van der Waals surface area contributed by atoms with Gasteiger partial charge in [-0.1, -0.05) is 32.9 Å². The third kappa shape index (κ3) is 6.16. The largest absolute Gasteiger partial charge is 0.370 e. The van der Waals surface area contributed by atoms with Gasteiger partial charge in [0.1, 0.15) is 0 Å². The van der Waals surface area contributed by atoms with Crippen molar-refractivity contribution in [1.82, 2.24) is 5.32 Å². The van der Waals surface area contributed by atoms with Gasteiger partial charge >= 0.3 is 0 Å². The van der Waals surface area contributed by atoms with E-state index < -0.39 is 0 Å². The average Bonchev–Trinajstić information content (AvgIpc) is 2.52. The molecule has 0 aromatic heterocycles. The van der Waals surface area contributed by atoms with Gasteiger partial charge in [0.05, 0.1) is 6.54 Å². The molecule has 0 fully saturated rings. The minimum absolute atomic E-state index is 0.0112. The van der Waals surface area contributed by atoms with Crippen molar-refractivity contribution < 1.29 is 4.79 Å². The van der Waals surface area contributed by atoms with Crippen LogP contribution in [0.4, 0.5) is 5.69 Å². The van der Waals surface area contributed by atoms with Gasteiger partial charge < -0.3 is 16.4 Å². The highest BCUT2D eigenvalue weighted by atomic mass is 16.1. The van der Waals surface area contributed by atoms with Crippen LogP contribution < -0.4 is 16.4 Å². The fourth-order valence-electron chi connectivity index (χ4n) is 1.77. The number of carbonyl (C=O) groups is 1. The van der Waals surface area contributed by atoms with Crippen LogP contribution in [0.1, 0.15) is 46.1 Å². The van der Waals surface area contributed by atoms with Crippen LogP contribution in [0.15, 0.2) is 29.3 Å². The molecule has 122 valence electrons. The van der Waals surface area contributed by atoms with Gasteiger partial charge in [-0.05, 0) is 37.5 Å². The van der Waals surface area contributed by atoms with Gasteiger partial charge in [0.15, 0.2) is 5.96 Å². The summed E-state index contributed by atoms with van der Waals surface area (Å²) in [6.45, 7) is 8.57. The fourth-order valence-corrected chi connectivity index (χ4v) is 1.77. The van der Waals surface area contributed by atoms with Crippen molar-refractivity contribution in [2.45, 2.75) is 53.1 Å². The minimum atomic E-state index is 0.0112. The molecule has 2 atom stereocenters. The summed E-state index contributed by atoms with van der Waals surface area (Å²) in [5.74, 6) is 0.501. The molecule has 0 saturated carbocycles. The van der Waals surface area contributed by atoms with Crippen LogP contribution in [0.3, 0.4) is 0 Å². The molecule has 5 heteroatoms. The molecule has 22 heavy (non-hydrogen) atoms. The molecule has 0 spiro atoms. The van der Waals surface area contributed by atoms with Crippen molar-refractivity contribution >= 4 is 17.6 Å². The molecule has 1 aromatic rings. The van der Waals surface area contributed by atoms with Gasteiger partial charge in [-0.3, -0.25) is 4.79 Å². The summed E-state index contributed by atoms with van der Waals surface area (Å²) >= 11 is 0. The normalized spacial score (nSPS) is 14.3. The number of hydrogen-bond donors (Lipinski definition) is 3. The predicted octanol–water partition coefficient (Wildman–Crippen LogP) is 2.87. The Kier molecular flexibility index (Phi) is 7.43. The SMILES string of the molecule is CCC(C)NC(N)=NCc1cccc(NC(=O)C(C)CC)c1. The lowest BCUT2D eigenvalue weighted by Crippen LogP contribution is -2.38. The first-order chi connectivity index (χ1) is 10.5. The van der Waals surface area contributed by atoms with Gasteiger partial charge in [-0.2, -0.15) is 0 Å². The number of benzene rings is 1. The Morgan fingerprint density at radius 2 is 2.00 bits per heavy atom. The first-order valence-corrected chi connectivity index (χ1v) is 7.92. The third-order valence-corrected chi connectivity index (χ3v) is 3.69. The van der Waals surface area contributed by atoms with E-state index in [9.17, 15) is 4.79 Å². The Morgan fingerprint density at radius 1 is 1.27 bits per heavy atom. The van der Waals surface area contributed by atoms with Crippen LogP contribution in [-0.4, -0.2) is 17.9 Å². The van der Waals surface area contributed by atoms with Gasteiger partial charge in [0.25, 0.3) is 0 Å².